The van der Waals surface area contributed by atoms with Crippen LogP contribution >= 0.6 is 0 Å². The van der Waals surface area contributed by atoms with Gasteiger partial charge in [-0.25, -0.2) is 5.43 Å². The minimum Gasteiger partial charge on any atom is -0.507 e. The fourth-order valence-corrected chi connectivity index (χ4v) is 2.78. The van der Waals surface area contributed by atoms with Crippen LogP contribution in [0.3, 0.4) is 0 Å². The van der Waals surface area contributed by atoms with Crippen molar-refractivity contribution in [3.05, 3.63) is 77.4 Å². The molecule has 0 aromatic heterocycles. The summed E-state index contributed by atoms with van der Waals surface area (Å²) in [6, 6.07) is 18.9. The second kappa shape index (κ2) is 7.40. The van der Waals surface area contributed by atoms with Crippen molar-refractivity contribution < 1.29 is 9.90 Å². The zero-order valence-electron chi connectivity index (χ0n) is 15.2. The maximum Gasteiger partial charge on any atom is 0.275 e. The molecule has 0 spiro atoms. The van der Waals surface area contributed by atoms with Gasteiger partial charge in [-0.3, -0.25) is 4.79 Å². The Labute approximate surface area is 153 Å². The summed E-state index contributed by atoms with van der Waals surface area (Å²) in [7, 11) is 0. The van der Waals surface area contributed by atoms with E-state index in [-0.39, 0.29) is 11.3 Å². The highest BCUT2D eigenvalue weighted by atomic mass is 16.3. The minimum absolute atomic E-state index is 0.0599. The van der Waals surface area contributed by atoms with Gasteiger partial charge in [-0.05, 0) is 46.9 Å². The van der Waals surface area contributed by atoms with Gasteiger partial charge in [0, 0.05) is 0 Å². The fourth-order valence-electron chi connectivity index (χ4n) is 2.78. The van der Waals surface area contributed by atoms with Gasteiger partial charge in [-0.15, -0.1) is 0 Å². The molecule has 3 aromatic carbocycles. The van der Waals surface area contributed by atoms with Gasteiger partial charge in [0.05, 0.1) is 11.3 Å². The van der Waals surface area contributed by atoms with Gasteiger partial charge in [-0.1, -0.05) is 62.4 Å². The van der Waals surface area contributed by atoms with E-state index in [0.29, 0.717) is 11.6 Å². The number of carbonyl (C=O) groups excluding carboxylic acids is 1. The van der Waals surface area contributed by atoms with E-state index in [1.54, 1.807) is 12.1 Å². The summed E-state index contributed by atoms with van der Waals surface area (Å²) in [6.45, 7) is 6.13. The Hall–Kier alpha value is -3.14. The summed E-state index contributed by atoms with van der Waals surface area (Å²) < 4.78 is 0. The first kappa shape index (κ1) is 17.7. The average Bonchev–Trinajstić information content (AvgIpc) is 2.65. The van der Waals surface area contributed by atoms with E-state index in [9.17, 15) is 9.90 Å². The van der Waals surface area contributed by atoms with Crippen molar-refractivity contribution in [2.24, 2.45) is 5.10 Å². The van der Waals surface area contributed by atoms with Crippen LogP contribution in [-0.2, 0) is 0 Å². The number of carbonyl (C=O) groups is 1. The lowest BCUT2D eigenvalue weighted by molar-refractivity contribution is 0.0952. The molecule has 0 saturated heterocycles. The van der Waals surface area contributed by atoms with E-state index in [2.05, 4.69) is 36.5 Å². The molecular weight excluding hydrogens is 324 g/mol. The van der Waals surface area contributed by atoms with Gasteiger partial charge in [0.2, 0.25) is 0 Å². The van der Waals surface area contributed by atoms with Crippen molar-refractivity contribution in [3.8, 4) is 5.75 Å². The van der Waals surface area contributed by atoms with Gasteiger partial charge in [0.1, 0.15) is 5.75 Å². The number of amides is 1. The zero-order chi connectivity index (χ0) is 18.7. The molecule has 0 fully saturated rings. The molecule has 0 atom stereocenters. The predicted octanol–water partition coefficient (Wildman–Crippen LogP) is 4.82. The van der Waals surface area contributed by atoms with Crippen LogP contribution in [-0.4, -0.2) is 16.7 Å². The molecule has 3 aromatic rings. The number of benzene rings is 3. The van der Waals surface area contributed by atoms with Crippen LogP contribution in [0.25, 0.3) is 10.8 Å². The number of hydrogen-bond donors (Lipinski definition) is 2. The van der Waals surface area contributed by atoms with Crippen molar-refractivity contribution >= 4 is 22.4 Å². The largest absolute Gasteiger partial charge is 0.507 e. The number of hydrogen-bond acceptors (Lipinski definition) is 3. The van der Waals surface area contributed by atoms with Crippen LogP contribution in [0, 0.1) is 0 Å². The molecule has 1 amide bonds. The summed E-state index contributed by atoms with van der Waals surface area (Å²) in [5, 5.41) is 16.1. The fraction of sp³-hybridized carbons (Fsp3) is 0.182. The molecule has 0 aliphatic heterocycles. The molecule has 0 radical (unpaired) electrons. The van der Waals surface area contributed by atoms with E-state index < -0.39 is 5.91 Å². The highest BCUT2D eigenvalue weighted by Gasteiger charge is 2.12. The SMILES string of the molecule is C/C(=N/NC(=O)c1cc2ccccc2cc1O)c1ccc(C(C)C)cc1. The van der Waals surface area contributed by atoms with Crippen LogP contribution in [0.15, 0.2) is 65.8 Å². The number of nitrogens with one attached hydrogen (secondary N) is 1. The first-order valence-corrected chi connectivity index (χ1v) is 8.62. The predicted molar refractivity (Wildman–Crippen MR) is 106 cm³/mol. The Kier molecular flexibility index (Phi) is 5.03. The number of hydrazone groups is 1. The lowest BCUT2D eigenvalue weighted by Gasteiger charge is -2.08. The van der Waals surface area contributed by atoms with Gasteiger partial charge in [0.15, 0.2) is 0 Å². The molecule has 0 saturated carbocycles. The first-order valence-electron chi connectivity index (χ1n) is 8.62. The van der Waals surface area contributed by atoms with E-state index >= 15 is 0 Å². The third-order valence-corrected chi connectivity index (χ3v) is 4.43. The van der Waals surface area contributed by atoms with Crippen molar-refractivity contribution in [3.63, 3.8) is 0 Å². The van der Waals surface area contributed by atoms with E-state index in [1.165, 1.54) is 5.56 Å². The molecule has 0 unspecified atom stereocenters. The van der Waals surface area contributed by atoms with Gasteiger partial charge >= 0.3 is 0 Å². The van der Waals surface area contributed by atoms with Crippen molar-refractivity contribution in [1.82, 2.24) is 5.43 Å². The highest BCUT2D eigenvalue weighted by Crippen LogP contribution is 2.24. The summed E-state index contributed by atoms with van der Waals surface area (Å²) in [4.78, 5) is 12.4. The van der Waals surface area contributed by atoms with Crippen molar-refractivity contribution in [1.29, 1.82) is 0 Å². The average molecular weight is 346 g/mol. The standard InChI is InChI=1S/C22H22N2O2/c1-14(2)16-8-10-17(11-9-16)15(3)23-24-22(26)20-12-18-6-4-5-7-19(18)13-21(20)25/h4-14,25H,1-3H3,(H,24,26)/b23-15-. The molecule has 4 nitrogen and oxygen atoms in total. The Morgan fingerprint density at radius 1 is 1.00 bits per heavy atom. The van der Waals surface area contributed by atoms with Crippen LogP contribution in [0.2, 0.25) is 0 Å². The topological polar surface area (TPSA) is 61.7 Å². The number of aromatic hydroxyl groups is 1. The number of phenolic OH excluding ortho intramolecular Hbond substituents is 1. The van der Waals surface area contributed by atoms with Crippen LogP contribution in [0.1, 0.15) is 48.2 Å². The molecule has 0 bridgehead atoms. The second-order valence-electron chi connectivity index (χ2n) is 6.63. The Balaban J connectivity index is 1.79. The molecule has 0 heterocycles. The molecule has 4 heteroatoms. The van der Waals surface area contributed by atoms with Crippen molar-refractivity contribution in [2.45, 2.75) is 26.7 Å². The van der Waals surface area contributed by atoms with E-state index in [1.807, 2.05) is 43.3 Å². The van der Waals surface area contributed by atoms with Gasteiger partial charge in [0.25, 0.3) is 5.91 Å². The number of phenols is 1. The minimum atomic E-state index is -0.439. The Morgan fingerprint density at radius 3 is 2.23 bits per heavy atom. The van der Waals surface area contributed by atoms with E-state index in [4.69, 9.17) is 0 Å². The molecule has 2 N–H and O–H groups in total. The maximum atomic E-state index is 12.4. The van der Waals surface area contributed by atoms with E-state index in [0.717, 1.165) is 16.3 Å². The normalized spacial score (nSPS) is 11.8. The lowest BCUT2D eigenvalue weighted by atomic mass is 10.0. The smallest absolute Gasteiger partial charge is 0.275 e. The molecule has 0 aliphatic carbocycles. The molecule has 0 aliphatic rings. The van der Waals surface area contributed by atoms with Gasteiger partial charge in [-0.2, -0.15) is 5.10 Å². The lowest BCUT2D eigenvalue weighted by Crippen LogP contribution is -2.19. The monoisotopic (exact) mass is 346 g/mol. The van der Waals surface area contributed by atoms with Gasteiger partial charge < -0.3 is 5.11 Å². The first-order chi connectivity index (χ1) is 12.5. The quantitative estimate of drug-likeness (QED) is 0.525. The number of fused-ring (bicyclic) bond motifs is 1. The maximum absolute atomic E-state index is 12.4. The zero-order valence-corrected chi connectivity index (χ0v) is 15.2. The molecular formula is C22H22N2O2. The summed E-state index contributed by atoms with van der Waals surface area (Å²) in [5.41, 5.74) is 5.63. The number of nitrogens with zero attached hydrogens (tertiary/aromatic N) is 1. The molecule has 132 valence electrons. The second-order valence-corrected chi connectivity index (χ2v) is 6.63. The third kappa shape index (κ3) is 3.75. The summed E-state index contributed by atoms with van der Waals surface area (Å²) in [5.74, 6) is -0.0291. The highest BCUT2D eigenvalue weighted by molar-refractivity contribution is 6.03. The number of rotatable bonds is 4. The molecule has 26 heavy (non-hydrogen) atoms. The third-order valence-electron chi connectivity index (χ3n) is 4.43. The van der Waals surface area contributed by atoms with Crippen molar-refractivity contribution in [2.75, 3.05) is 0 Å². The van der Waals surface area contributed by atoms with Crippen LogP contribution < -0.4 is 5.43 Å². The van der Waals surface area contributed by atoms with Crippen LogP contribution in [0.4, 0.5) is 0 Å². The molecule has 3 rings (SSSR count). The van der Waals surface area contributed by atoms with Crippen LogP contribution in [0.5, 0.6) is 5.75 Å². The Bertz CT molecular complexity index is 973. The summed E-state index contributed by atoms with van der Waals surface area (Å²) in [6.07, 6.45) is 0. The summed E-state index contributed by atoms with van der Waals surface area (Å²) >= 11 is 0. The Morgan fingerprint density at radius 2 is 1.62 bits per heavy atom.